The maximum absolute atomic E-state index is 13.0. The summed E-state index contributed by atoms with van der Waals surface area (Å²) in [5, 5.41) is 0. The molecular formula is C11H16F2O4. The van der Waals surface area contributed by atoms with Crippen LogP contribution in [0.3, 0.4) is 0 Å². The highest BCUT2D eigenvalue weighted by molar-refractivity contribution is 5.86. The molecule has 0 amide bonds. The van der Waals surface area contributed by atoms with Gasteiger partial charge in [0.1, 0.15) is 5.60 Å². The third kappa shape index (κ3) is 6.65. The minimum atomic E-state index is -3.83. The van der Waals surface area contributed by atoms with Crippen LogP contribution in [0.1, 0.15) is 27.7 Å². The first-order valence-corrected chi connectivity index (χ1v) is 5.06. The monoisotopic (exact) mass is 250 g/mol. The van der Waals surface area contributed by atoms with Crippen molar-refractivity contribution in [3.05, 3.63) is 12.2 Å². The molecule has 0 radical (unpaired) electrons. The molecular weight excluding hydrogens is 234 g/mol. The highest BCUT2D eigenvalue weighted by Gasteiger charge is 2.37. The van der Waals surface area contributed by atoms with Crippen LogP contribution in [0.2, 0.25) is 0 Å². The summed E-state index contributed by atoms with van der Waals surface area (Å²) in [6.45, 7) is 6.05. The predicted octanol–water partition coefficient (Wildman–Crippen LogP) is 2.08. The summed E-state index contributed by atoms with van der Waals surface area (Å²) in [5.41, 5.74) is -0.777. The van der Waals surface area contributed by atoms with Crippen molar-refractivity contribution in [2.75, 3.05) is 6.61 Å². The molecule has 0 aliphatic heterocycles. The maximum atomic E-state index is 13.0. The van der Waals surface area contributed by atoms with Gasteiger partial charge in [-0.15, -0.1) is 0 Å². The van der Waals surface area contributed by atoms with Gasteiger partial charge in [0.25, 0.3) is 0 Å². The van der Waals surface area contributed by atoms with E-state index < -0.39 is 23.5 Å². The first-order valence-electron chi connectivity index (χ1n) is 5.06. The van der Waals surface area contributed by atoms with Gasteiger partial charge in [0.2, 0.25) is 0 Å². The van der Waals surface area contributed by atoms with Crippen molar-refractivity contribution in [2.24, 2.45) is 0 Å². The highest BCUT2D eigenvalue weighted by atomic mass is 19.3. The lowest BCUT2D eigenvalue weighted by Gasteiger charge is -2.18. The van der Waals surface area contributed by atoms with E-state index in [4.69, 9.17) is 4.74 Å². The number of alkyl halides is 2. The molecule has 0 atom stereocenters. The zero-order valence-electron chi connectivity index (χ0n) is 10.3. The van der Waals surface area contributed by atoms with E-state index in [1.165, 1.54) is 6.92 Å². The van der Waals surface area contributed by atoms with E-state index in [1.807, 2.05) is 0 Å². The Morgan fingerprint density at radius 3 is 2.18 bits per heavy atom. The third-order valence-electron chi connectivity index (χ3n) is 1.38. The lowest BCUT2D eigenvalue weighted by Crippen LogP contribution is -2.29. The lowest BCUT2D eigenvalue weighted by atomic mass is 10.2. The fraction of sp³-hybridized carbons (Fsp3) is 0.636. The fourth-order valence-electron chi connectivity index (χ4n) is 0.804. The SMILES string of the molecule is CCOC(=O)C(F)(F)/C=C/C(=O)OC(C)(C)C. The van der Waals surface area contributed by atoms with E-state index in [1.54, 1.807) is 20.8 Å². The Morgan fingerprint density at radius 1 is 1.24 bits per heavy atom. The van der Waals surface area contributed by atoms with Gasteiger partial charge in [-0.1, -0.05) is 0 Å². The Morgan fingerprint density at radius 2 is 1.76 bits per heavy atom. The fourth-order valence-corrected chi connectivity index (χ4v) is 0.804. The van der Waals surface area contributed by atoms with Gasteiger partial charge >= 0.3 is 17.9 Å². The molecule has 0 aromatic heterocycles. The second-order valence-electron chi connectivity index (χ2n) is 4.21. The van der Waals surface area contributed by atoms with Crippen molar-refractivity contribution in [1.29, 1.82) is 0 Å². The molecule has 0 saturated heterocycles. The highest BCUT2D eigenvalue weighted by Crippen LogP contribution is 2.18. The number of carbonyl (C=O) groups excluding carboxylic acids is 2. The molecule has 4 nitrogen and oxygen atoms in total. The lowest BCUT2D eigenvalue weighted by molar-refractivity contribution is -0.164. The quantitative estimate of drug-likeness (QED) is 0.566. The van der Waals surface area contributed by atoms with Crippen LogP contribution < -0.4 is 0 Å². The molecule has 0 unspecified atom stereocenters. The van der Waals surface area contributed by atoms with E-state index in [2.05, 4.69) is 4.74 Å². The van der Waals surface area contributed by atoms with E-state index in [0.717, 1.165) is 0 Å². The van der Waals surface area contributed by atoms with Crippen LogP contribution >= 0.6 is 0 Å². The number of hydrogen-bond donors (Lipinski definition) is 0. The van der Waals surface area contributed by atoms with Crippen LogP contribution in [0.15, 0.2) is 12.2 Å². The molecule has 0 aromatic rings. The van der Waals surface area contributed by atoms with Gasteiger partial charge in [-0.25, -0.2) is 9.59 Å². The molecule has 0 bridgehead atoms. The van der Waals surface area contributed by atoms with Crippen LogP contribution in [-0.2, 0) is 19.1 Å². The number of rotatable bonds is 4. The van der Waals surface area contributed by atoms with Gasteiger partial charge in [0.05, 0.1) is 6.61 Å². The molecule has 0 aromatic carbocycles. The average molecular weight is 250 g/mol. The zero-order valence-corrected chi connectivity index (χ0v) is 10.3. The van der Waals surface area contributed by atoms with Crippen molar-refractivity contribution >= 4 is 11.9 Å². The summed E-state index contributed by atoms with van der Waals surface area (Å²) in [5.74, 6) is -6.46. The maximum Gasteiger partial charge on any atom is 0.381 e. The summed E-state index contributed by atoms with van der Waals surface area (Å²) in [7, 11) is 0. The molecule has 0 N–H and O–H groups in total. The number of carbonyl (C=O) groups is 2. The van der Waals surface area contributed by atoms with Crippen LogP contribution in [0.5, 0.6) is 0 Å². The molecule has 0 fully saturated rings. The molecule has 17 heavy (non-hydrogen) atoms. The van der Waals surface area contributed by atoms with Crippen molar-refractivity contribution in [2.45, 2.75) is 39.2 Å². The Kier molecular flexibility index (Phi) is 5.25. The standard InChI is InChI=1S/C11H16F2O4/c1-5-16-9(15)11(12,13)7-6-8(14)17-10(2,3)4/h6-7H,5H2,1-4H3/b7-6+. The summed E-state index contributed by atoms with van der Waals surface area (Å²) in [6.07, 6.45) is 0.682. The van der Waals surface area contributed by atoms with Gasteiger partial charge < -0.3 is 9.47 Å². The van der Waals surface area contributed by atoms with Crippen molar-refractivity contribution in [1.82, 2.24) is 0 Å². The minimum Gasteiger partial charge on any atom is -0.461 e. The van der Waals surface area contributed by atoms with Crippen molar-refractivity contribution in [3.63, 3.8) is 0 Å². The Hall–Kier alpha value is -1.46. The second-order valence-corrected chi connectivity index (χ2v) is 4.21. The molecule has 0 aliphatic carbocycles. The van der Waals surface area contributed by atoms with E-state index >= 15 is 0 Å². The number of halogens is 2. The molecule has 98 valence electrons. The second kappa shape index (κ2) is 5.75. The molecule has 0 saturated carbocycles. The topological polar surface area (TPSA) is 52.6 Å². The summed E-state index contributed by atoms with van der Waals surface area (Å²) in [4.78, 5) is 21.9. The van der Waals surface area contributed by atoms with Gasteiger partial charge in [-0.3, -0.25) is 0 Å². The summed E-state index contributed by atoms with van der Waals surface area (Å²) < 4.78 is 35.0. The van der Waals surface area contributed by atoms with Gasteiger partial charge in [0.15, 0.2) is 0 Å². The predicted molar refractivity (Wildman–Crippen MR) is 56.6 cm³/mol. The van der Waals surface area contributed by atoms with Crippen LogP contribution in [-0.4, -0.2) is 30.1 Å². The van der Waals surface area contributed by atoms with Crippen LogP contribution in [0.25, 0.3) is 0 Å². The van der Waals surface area contributed by atoms with Crippen LogP contribution in [0, 0.1) is 0 Å². The number of esters is 2. The molecule has 6 heteroatoms. The normalized spacial score (nSPS) is 12.6. The van der Waals surface area contributed by atoms with Gasteiger partial charge in [-0.05, 0) is 27.7 Å². The van der Waals surface area contributed by atoms with Gasteiger partial charge in [-0.2, -0.15) is 8.78 Å². The summed E-state index contributed by atoms with van der Waals surface area (Å²) in [6, 6.07) is 0. The smallest absolute Gasteiger partial charge is 0.381 e. The van der Waals surface area contributed by atoms with Crippen molar-refractivity contribution < 1.29 is 27.8 Å². The average Bonchev–Trinajstić information content (AvgIpc) is 2.12. The molecule has 0 aliphatic rings. The molecule has 0 heterocycles. The van der Waals surface area contributed by atoms with Gasteiger partial charge in [0, 0.05) is 12.2 Å². The Labute approximate surface area is 98.6 Å². The zero-order chi connectivity index (χ0) is 13.7. The minimum absolute atomic E-state index is 0.158. The van der Waals surface area contributed by atoms with E-state index in [0.29, 0.717) is 6.08 Å². The first kappa shape index (κ1) is 15.5. The molecule has 0 spiro atoms. The van der Waals surface area contributed by atoms with Crippen molar-refractivity contribution in [3.8, 4) is 0 Å². The third-order valence-corrected chi connectivity index (χ3v) is 1.38. The summed E-state index contributed by atoms with van der Waals surface area (Å²) >= 11 is 0. The van der Waals surface area contributed by atoms with E-state index in [-0.39, 0.29) is 12.7 Å². The number of hydrogen-bond acceptors (Lipinski definition) is 4. The van der Waals surface area contributed by atoms with E-state index in [9.17, 15) is 18.4 Å². The van der Waals surface area contributed by atoms with Crippen LogP contribution in [0.4, 0.5) is 8.78 Å². The first-order chi connectivity index (χ1) is 7.58. The Balaban J connectivity index is 4.50. The largest absolute Gasteiger partial charge is 0.461 e. The number of ether oxygens (including phenoxy) is 2. The Bertz CT molecular complexity index is 316. The molecule has 0 rings (SSSR count).